The molecular weight excluding hydrogens is 310 g/mol. The molecule has 0 aliphatic carbocycles. The summed E-state index contributed by atoms with van der Waals surface area (Å²) in [6, 6.07) is 4.25. The second-order valence-electron chi connectivity index (χ2n) is 3.72. The zero-order valence-electron chi connectivity index (χ0n) is 8.30. The second kappa shape index (κ2) is 4.18. The van der Waals surface area contributed by atoms with Gasteiger partial charge in [0.2, 0.25) is 0 Å². The lowest BCUT2D eigenvalue weighted by atomic mass is 10.0. The van der Waals surface area contributed by atoms with Gasteiger partial charge in [0.25, 0.3) is 0 Å². The summed E-state index contributed by atoms with van der Waals surface area (Å²) >= 11 is 11.1. The van der Waals surface area contributed by atoms with Crippen LogP contribution >= 0.6 is 38.9 Å². The maximum atomic E-state index is 6.06. The molecule has 1 N–H and O–H groups in total. The predicted octanol–water partition coefficient (Wildman–Crippen LogP) is 3.99. The van der Waals surface area contributed by atoms with Crippen molar-refractivity contribution in [1.29, 1.82) is 0 Å². The highest BCUT2D eigenvalue weighted by atomic mass is 79.9. The topological polar surface area (TPSA) is 25.2 Å². The van der Waals surface area contributed by atoms with E-state index in [4.69, 9.17) is 16.0 Å². The lowest BCUT2D eigenvalue weighted by Crippen LogP contribution is -2.28. The summed E-state index contributed by atoms with van der Waals surface area (Å²) in [5, 5.41) is 3.46. The van der Waals surface area contributed by atoms with Crippen molar-refractivity contribution in [2.45, 2.75) is 12.5 Å². The van der Waals surface area contributed by atoms with Crippen molar-refractivity contribution in [1.82, 2.24) is 5.32 Å². The molecule has 1 atom stereocenters. The average molecular weight is 319 g/mol. The molecule has 2 aromatic heterocycles. The van der Waals surface area contributed by atoms with Gasteiger partial charge in [0.1, 0.15) is 16.1 Å². The van der Waals surface area contributed by atoms with Crippen LogP contribution in [0.5, 0.6) is 0 Å². The fourth-order valence-corrected chi connectivity index (χ4v) is 3.80. The third kappa shape index (κ3) is 1.74. The minimum absolute atomic E-state index is 0.146. The quantitative estimate of drug-likeness (QED) is 0.860. The first-order valence-electron chi connectivity index (χ1n) is 5.00. The predicted molar refractivity (Wildman–Crippen MR) is 69.3 cm³/mol. The smallest absolute Gasteiger partial charge is 0.129 e. The molecule has 0 saturated carbocycles. The van der Waals surface area contributed by atoms with Crippen LogP contribution in [0.1, 0.15) is 22.2 Å². The van der Waals surface area contributed by atoms with Crippen molar-refractivity contribution in [2.24, 2.45) is 0 Å². The average Bonchev–Trinajstić information content (AvgIpc) is 2.85. The van der Waals surface area contributed by atoms with Crippen LogP contribution in [0.15, 0.2) is 27.3 Å². The second-order valence-corrected chi connectivity index (χ2v) is 6.26. The third-order valence-corrected chi connectivity index (χ3v) is 5.27. The van der Waals surface area contributed by atoms with Gasteiger partial charge in [-0.15, -0.1) is 11.3 Å². The van der Waals surface area contributed by atoms with Crippen LogP contribution < -0.4 is 5.32 Å². The van der Waals surface area contributed by atoms with E-state index in [2.05, 4.69) is 27.3 Å². The minimum Gasteiger partial charge on any atom is -0.467 e. The number of rotatable bonds is 1. The fourth-order valence-electron chi connectivity index (χ4n) is 1.99. The number of thiophene rings is 1. The lowest BCUT2D eigenvalue weighted by Gasteiger charge is -2.21. The van der Waals surface area contributed by atoms with Crippen LogP contribution in [0.2, 0.25) is 4.34 Å². The number of hydrogen-bond acceptors (Lipinski definition) is 3. The van der Waals surface area contributed by atoms with Crippen molar-refractivity contribution in [3.63, 3.8) is 0 Å². The lowest BCUT2D eigenvalue weighted by molar-refractivity contribution is 0.428. The summed E-state index contributed by atoms with van der Waals surface area (Å²) in [7, 11) is 0. The molecule has 1 aliphatic rings. The molecule has 0 bridgehead atoms. The van der Waals surface area contributed by atoms with E-state index in [1.807, 2.05) is 6.07 Å². The first-order valence-corrected chi connectivity index (χ1v) is 6.99. The summed E-state index contributed by atoms with van der Waals surface area (Å²) in [5.41, 5.74) is 1.30. The van der Waals surface area contributed by atoms with Crippen molar-refractivity contribution in [3.05, 3.63) is 43.4 Å². The van der Waals surface area contributed by atoms with Crippen LogP contribution in [-0.4, -0.2) is 6.54 Å². The van der Waals surface area contributed by atoms with Gasteiger partial charge in [0, 0.05) is 15.9 Å². The first kappa shape index (κ1) is 10.8. The molecule has 0 amide bonds. The number of hydrogen-bond donors (Lipinski definition) is 1. The Kier molecular flexibility index (Phi) is 2.83. The van der Waals surface area contributed by atoms with Crippen LogP contribution in [0.3, 0.4) is 0 Å². The van der Waals surface area contributed by atoms with Crippen LogP contribution in [0.25, 0.3) is 0 Å². The third-order valence-electron chi connectivity index (χ3n) is 2.73. The Morgan fingerprint density at radius 3 is 3.19 bits per heavy atom. The van der Waals surface area contributed by atoms with Crippen LogP contribution in [-0.2, 0) is 6.42 Å². The molecule has 0 saturated heterocycles. The molecule has 2 aromatic rings. The molecule has 0 fully saturated rings. The Morgan fingerprint density at radius 1 is 1.56 bits per heavy atom. The molecular formula is C11H9BrClNOS. The highest BCUT2D eigenvalue weighted by Crippen LogP contribution is 2.39. The zero-order chi connectivity index (χ0) is 11.1. The fraction of sp³-hybridized carbons (Fsp3) is 0.273. The normalized spacial score (nSPS) is 19.8. The summed E-state index contributed by atoms with van der Waals surface area (Å²) in [5.74, 6) is 1.02. The molecule has 3 rings (SSSR count). The maximum absolute atomic E-state index is 6.06. The van der Waals surface area contributed by atoms with E-state index < -0.39 is 0 Å². The monoisotopic (exact) mass is 317 g/mol. The van der Waals surface area contributed by atoms with Gasteiger partial charge in [-0.3, -0.25) is 0 Å². The van der Waals surface area contributed by atoms with Gasteiger partial charge in [-0.2, -0.15) is 0 Å². The van der Waals surface area contributed by atoms with Gasteiger partial charge < -0.3 is 9.73 Å². The van der Waals surface area contributed by atoms with E-state index in [-0.39, 0.29) is 6.04 Å². The largest absolute Gasteiger partial charge is 0.467 e. The van der Waals surface area contributed by atoms with E-state index >= 15 is 0 Å². The van der Waals surface area contributed by atoms with Crippen LogP contribution in [0, 0.1) is 0 Å². The van der Waals surface area contributed by atoms with Gasteiger partial charge in [0.15, 0.2) is 0 Å². The zero-order valence-corrected chi connectivity index (χ0v) is 11.5. The van der Waals surface area contributed by atoms with Crippen LogP contribution in [0.4, 0.5) is 0 Å². The molecule has 0 spiro atoms. The molecule has 0 aromatic carbocycles. The molecule has 0 radical (unpaired) electrons. The SMILES string of the molecule is Clc1sc(C2NCCc3ccoc32)cc1Br. The highest BCUT2D eigenvalue weighted by Gasteiger charge is 2.26. The molecule has 16 heavy (non-hydrogen) atoms. The first-order chi connectivity index (χ1) is 7.75. The summed E-state index contributed by atoms with van der Waals surface area (Å²) < 4.78 is 7.30. The Balaban J connectivity index is 2.03. The van der Waals surface area contributed by atoms with Gasteiger partial charge in [-0.1, -0.05) is 11.6 Å². The standard InChI is InChI=1S/C11H9BrClNOS/c12-7-5-8(16-11(7)13)9-10-6(1-3-14-9)2-4-15-10/h2,4-5,9,14H,1,3H2. The molecule has 3 heterocycles. The van der Waals surface area contributed by atoms with E-state index in [1.165, 1.54) is 10.4 Å². The Hall–Kier alpha value is -0.290. The van der Waals surface area contributed by atoms with E-state index in [9.17, 15) is 0 Å². The highest BCUT2D eigenvalue weighted by molar-refractivity contribution is 9.10. The molecule has 1 unspecified atom stereocenters. The van der Waals surface area contributed by atoms with Gasteiger partial charge in [-0.05, 0) is 40.0 Å². The van der Waals surface area contributed by atoms with E-state index in [0.717, 1.165) is 27.5 Å². The molecule has 84 valence electrons. The van der Waals surface area contributed by atoms with Gasteiger partial charge in [-0.25, -0.2) is 0 Å². The summed E-state index contributed by atoms with van der Waals surface area (Å²) in [6.45, 7) is 0.977. The number of nitrogens with one attached hydrogen (secondary N) is 1. The van der Waals surface area contributed by atoms with Crippen molar-refractivity contribution in [2.75, 3.05) is 6.54 Å². The summed E-state index contributed by atoms with van der Waals surface area (Å²) in [6.07, 6.45) is 2.79. The minimum atomic E-state index is 0.146. The molecule has 2 nitrogen and oxygen atoms in total. The molecule has 1 aliphatic heterocycles. The number of fused-ring (bicyclic) bond motifs is 1. The number of furan rings is 1. The van der Waals surface area contributed by atoms with Gasteiger partial charge in [0.05, 0.1) is 6.26 Å². The Labute approximate surface area is 111 Å². The van der Waals surface area contributed by atoms with Crippen molar-refractivity contribution < 1.29 is 4.42 Å². The Bertz CT molecular complexity index is 502. The van der Waals surface area contributed by atoms with Gasteiger partial charge >= 0.3 is 0 Å². The summed E-state index contributed by atoms with van der Waals surface area (Å²) in [4.78, 5) is 1.19. The van der Waals surface area contributed by atoms with E-state index in [0.29, 0.717) is 0 Å². The van der Waals surface area contributed by atoms with Crippen molar-refractivity contribution >= 4 is 38.9 Å². The Morgan fingerprint density at radius 2 is 2.44 bits per heavy atom. The number of halogens is 2. The molecule has 5 heteroatoms. The van der Waals surface area contributed by atoms with E-state index in [1.54, 1.807) is 17.6 Å². The maximum Gasteiger partial charge on any atom is 0.129 e. The van der Waals surface area contributed by atoms with Crippen molar-refractivity contribution in [3.8, 4) is 0 Å².